The van der Waals surface area contributed by atoms with Crippen molar-refractivity contribution in [3.63, 3.8) is 0 Å². The summed E-state index contributed by atoms with van der Waals surface area (Å²) in [6.07, 6.45) is 1.02. The highest BCUT2D eigenvalue weighted by Gasteiger charge is 2.53. The number of benzene rings is 2. The van der Waals surface area contributed by atoms with Gasteiger partial charge in [-0.3, -0.25) is 0 Å². The molecule has 3 aromatic rings. The zero-order chi connectivity index (χ0) is 25.5. The second-order valence-corrected chi connectivity index (χ2v) is 10.2. The fourth-order valence-corrected chi connectivity index (χ4v) is 5.94. The summed E-state index contributed by atoms with van der Waals surface area (Å²) in [7, 11) is 1.51. The molecule has 1 aliphatic heterocycles. The van der Waals surface area contributed by atoms with Crippen molar-refractivity contribution in [3.8, 4) is 11.5 Å². The van der Waals surface area contributed by atoms with Gasteiger partial charge in [-0.2, -0.15) is 4.98 Å². The highest BCUT2D eigenvalue weighted by Crippen LogP contribution is 2.49. The molecule has 0 radical (unpaired) electrons. The number of methoxy groups -OCH3 is 1. The first-order valence-electron chi connectivity index (χ1n) is 11.6. The van der Waals surface area contributed by atoms with Gasteiger partial charge in [0, 0.05) is 22.2 Å². The van der Waals surface area contributed by atoms with E-state index in [0.717, 1.165) is 10.6 Å². The number of aliphatic hydroxyl groups is 3. The molecule has 11 heteroatoms. The minimum absolute atomic E-state index is 0.0401. The van der Waals surface area contributed by atoms with Gasteiger partial charge < -0.3 is 41.1 Å². The van der Waals surface area contributed by atoms with Crippen LogP contribution < -0.4 is 20.7 Å². The number of phenolic OH excluding ortho intramolecular Hbond substituents is 1. The highest BCUT2D eigenvalue weighted by atomic mass is 32.2. The van der Waals surface area contributed by atoms with Crippen molar-refractivity contribution in [2.24, 2.45) is 0 Å². The second kappa shape index (κ2) is 9.32. The van der Waals surface area contributed by atoms with Crippen molar-refractivity contribution < 1.29 is 25.2 Å². The van der Waals surface area contributed by atoms with Crippen LogP contribution in [0.3, 0.4) is 0 Å². The molecular weight excluding hydrogens is 482 g/mol. The average Bonchev–Trinajstić information content (AvgIpc) is 3.40. The van der Waals surface area contributed by atoms with Crippen molar-refractivity contribution in [3.05, 3.63) is 53.7 Å². The molecule has 1 aliphatic carbocycles. The molecule has 36 heavy (non-hydrogen) atoms. The van der Waals surface area contributed by atoms with E-state index >= 15 is 0 Å². The number of rotatable bonds is 7. The van der Waals surface area contributed by atoms with Gasteiger partial charge in [0.1, 0.15) is 28.3 Å². The van der Waals surface area contributed by atoms with Gasteiger partial charge in [-0.05, 0) is 50.5 Å². The largest absolute Gasteiger partial charge is 0.506 e. The van der Waals surface area contributed by atoms with Crippen LogP contribution in [-0.2, 0) is 0 Å². The normalized spacial score (nSPS) is 24.8. The van der Waals surface area contributed by atoms with Crippen LogP contribution in [0.5, 0.6) is 11.5 Å². The third kappa shape index (κ3) is 4.28. The first kappa shape index (κ1) is 24.4. The Hall–Kier alpha value is -3.25. The molecule has 1 saturated carbocycles. The Bertz CT molecular complexity index is 1270. The average molecular weight is 512 g/mol. The molecule has 2 heterocycles. The van der Waals surface area contributed by atoms with Gasteiger partial charge in [0.05, 0.1) is 25.1 Å². The van der Waals surface area contributed by atoms with Gasteiger partial charge in [0.15, 0.2) is 5.72 Å². The molecule has 190 valence electrons. The first-order chi connectivity index (χ1) is 17.2. The maximum Gasteiger partial charge on any atom is 0.229 e. The monoisotopic (exact) mass is 511 g/mol. The fraction of sp³-hybridized carbons (Fsp3) is 0.360. The van der Waals surface area contributed by atoms with Crippen molar-refractivity contribution in [1.82, 2.24) is 9.97 Å². The predicted molar refractivity (Wildman–Crippen MR) is 138 cm³/mol. The molecule has 0 saturated heterocycles. The maximum absolute atomic E-state index is 11.4. The van der Waals surface area contributed by atoms with E-state index < -0.39 is 17.9 Å². The Kier molecular flexibility index (Phi) is 6.33. The number of aromatic hydroxyl groups is 1. The minimum Gasteiger partial charge on any atom is -0.506 e. The van der Waals surface area contributed by atoms with Crippen LogP contribution >= 0.6 is 11.8 Å². The lowest BCUT2D eigenvalue weighted by molar-refractivity contribution is -0.137. The van der Waals surface area contributed by atoms with Gasteiger partial charge in [0.25, 0.3) is 0 Å². The molecular formula is C25H29N5O5S. The van der Waals surface area contributed by atoms with E-state index in [2.05, 4.69) is 25.9 Å². The number of aliphatic hydroxyl groups excluding tert-OH is 1. The number of phenols is 1. The summed E-state index contributed by atoms with van der Waals surface area (Å²) >= 11 is 1.60. The summed E-state index contributed by atoms with van der Waals surface area (Å²) in [5.74, 6) is 0.964. The van der Waals surface area contributed by atoms with E-state index in [1.54, 1.807) is 23.9 Å². The summed E-state index contributed by atoms with van der Waals surface area (Å²) in [6, 6.07) is 12.7. The van der Waals surface area contributed by atoms with E-state index in [9.17, 15) is 20.4 Å². The zero-order valence-corrected chi connectivity index (χ0v) is 20.8. The Morgan fingerprint density at radius 3 is 2.69 bits per heavy atom. The second-order valence-electron chi connectivity index (χ2n) is 9.07. The van der Waals surface area contributed by atoms with Gasteiger partial charge in [-0.25, -0.2) is 4.98 Å². The molecule has 0 bridgehead atoms. The summed E-state index contributed by atoms with van der Waals surface area (Å²) in [5.41, 5.74) is -0.802. The van der Waals surface area contributed by atoms with Crippen LogP contribution in [-0.4, -0.2) is 55.4 Å². The third-order valence-electron chi connectivity index (χ3n) is 6.75. The molecule has 3 unspecified atom stereocenters. The Morgan fingerprint density at radius 2 is 1.97 bits per heavy atom. The number of nitrogens with one attached hydrogen (secondary N) is 3. The number of ether oxygens (including phenoxy) is 1. The number of hydrogen-bond donors (Lipinski definition) is 7. The van der Waals surface area contributed by atoms with E-state index in [4.69, 9.17) is 4.74 Å². The number of hydrogen-bond acceptors (Lipinski definition) is 11. The molecule has 1 aromatic heterocycles. The molecule has 3 atom stereocenters. The summed E-state index contributed by atoms with van der Waals surface area (Å²) in [5, 5.41) is 51.9. The summed E-state index contributed by atoms with van der Waals surface area (Å²) in [4.78, 5) is 10.3. The first-order valence-corrected chi connectivity index (χ1v) is 12.5. The number of nitrogens with zero attached hydrogens (tertiary/aromatic N) is 2. The highest BCUT2D eigenvalue weighted by molar-refractivity contribution is 8.00. The van der Waals surface area contributed by atoms with Crippen LogP contribution in [0.1, 0.15) is 35.9 Å². The van der Waals surface area contributed by atoms with Gasteiger partial charge in [0.2, 0.25) is 5.95 Å². The van der Waals surface area contributed by atoms with Crippen LogP contribution in [0, 0.1) is 6.92 Å². The van der Waals surface area contributed by atoms with E-state index in [1.165, 1.54) is 13.2 Å². The molecule has 2 aromatic carbocycles. The molecule has 5 rings (SSSR count). The van der Waals surface area contributed by atoms with Crippen LogP contribution in [0.4, 0.5) is 23.1 Å². The minimum atomic E-state index is -1.78. The molecule has 1 fully saturated rings. The maximum atomic E-state index is 11.4. The summed E-state index contributed by atoms with van der Waals surface area (Å²) in [6.45, 7) is 1.24. The quantitative estimate of drug-likeness (QED) is 0.184. The zero-order valence-electron chi connectivity index (χ0n) is 19.9. The lowest BCUT2D eigenvalue weighted by Crippen LogP contribution is -2.58. The topological polar surface area (TPSA) is 152 Å². The van der Waals surface area contributed by atoms with Gasteiger partial charge in [-0.15, -0.1) is 0 Å². The number of thioether (sulfide) groups is 1. The third-order valence-corrected chi connectivity index (χ3v) is 7.95. The van der Waals surface area contributed by atoms with E-state index in [0.29, 0.717) is 34.9 Å². The summed E-state index contributed by atoms with van der Waals surface area (Å²) < 4.78 is 5.14. The standard InChI is InChI=1S/C25H29N5O5S/c1-14-20(22-27-17-6-3-4-7-19(17)36-22)21(30-25(34)11-5-10-24(25,33)13-31)29-23(26-14)28-16-9-8-15(35-2)12-18(16)32/h3-4,6-9,12,22,27,31-34H,5,10-11,13H2,1-2H3,(H2,26,28,29,30). The van der Waals surface area contributed by atoms with Crippen LogP contribution in [0.15, 0.2) is 47.4 Å². The SMILES string of the molecule is COc1ccc(Nc2nc(C)c(C3Nc4ccccc4S3)c(NC3(O)CCCC3(O)CO)n2)c(O)c1. The van der Waals surface area contributed by atoms with Crippen molar-refractivity contribution in [1.29, 1.82) is 0 Å². The lowest BCUT2D eigenvalue weighted by atomic mass is 9.94. The van der Waals surface area contributed by atoms with Crippen molar-refractivity contribution >= 4 is 34.9 Å². The van der Waals surface area contributed by atoms with Crippen LogP contribution in [0.2, 0.25) is 0 Å². The van der Waals surface area contributed by atoms with Crippen molar-refractivity contribution in [2.45, 2.75) is 47.8 Å². The van der Waals surface area contributed by atoms with E-state index in [-0.39, 0.29) is 29.9 Å². The number of aryl methyl sites for hydroxylation is 1. The fourth-order valence-electron chi connectivity index (χ4n) is 4.69. The lowest BCUT2D eigenvalue weighted by Gasteiger charge is -2.38. The van der Waals surface area contributed by atoms with E-state index in [1.807, 2.05) is 31.2 Å². The van der Waals surface area contributed by atoms with Crippen LogP contribution in [0.25, 0.3) is 0 Å². The van der Waals surface area contributed by atoms with Gasteiger partial charge >= 0.3 is 0 Å². The Morgan fingerprint density at radius 1 is 1.17 bits per heavy atom. The predicted octanol–water partition coefficient (Wildman–Crippen LogP) is 3.47. The van der Waals surface area contributed by atoms with Crippen molar-refractivity contribution in [2.75, 3.05) is 29.7 Å². The number of aromatic nitrogens is 2. The Balaban J connectivity index is 1.54. The Labute approximate surface area is 212 Å². The molecule has 10 nitrogen and oxygen atoms in total. The number of anilines is 4. The molecule has 7 N–H and O–H groups in total. The van der Waals surface area contributed by atoms with Gasteiger partial charge in [-0.1, -0.05) is 23.9 Å². The molecule has 0 spiro atoms. The number of fused-ring (bicyclic) bond motifs is 1. The molecule has 0 amide bonds. The number of para-hydroxylation sites is 1. The molecule has 2 aliphatic rings. The smallest absolute Gasteiger partial charge is 0.229 e.